The molecule has 2 aromatic heterocycles. The van der Waals surface area contributed by atoms with E-state index >= 15 is 0 Å². The highest BCUT2D eigenvalue weighted by atomic mass is 32.1. The number of hydrogen-bond donors (Lipinski definition) is 5. The number of H-pyrrole nitrogens is 1. The zero-order chi connectivity index (χ0) is 19.5. The zero-order valence-corrected chi connectivity index (χ0v) is 15.3. The van der Waals surface area contributed by atoms with Crippen molar-refractivity contribution in [2.45, 2.75) is 6.10 Å². The highest BCUT2D eigenvalue weighted by molar-refractivity contribution is 7.18. The molecule has 142 valence electrons. The summed E-state index contributed by atoms with van der Waals surface area (Å²) < 4.78 is 0. The van der Waals surface area contributed by atoms with Gasteiger partial charge in [0.05, 0.1) is 18.3 Å². The average Bonchev–Trinajstić information content (AvgIpc) is 3.36. The van der Waals surface area contributed by atoms with Gasteiger partial charge in [0.2, 0.25) is 5.13 Å². The number of rotatable bonds is 6. The third-order valence-corrected chi connectivity index (χ3v) is 4.86. The van der Waals surface area contributed by atoms with Crippen LogP contribution in [0.2, 0.25) is 0 Å². The summed E-state index contributed by atoms with van der Waals surface area (Å²) >= 11 is 1.37. The van der Waals surface area contributed by atoms with E-state index in [1.807, 2.05) is 24.3 Å². The maximum atomic E-state index is 11.7. The summed E-state index contributed by atoms with van der Waals surface area (Å²) in [4.78, 5) is 11.7. The van der Waals surface area contributed by atoms with E-state index in [-0.39, 0.29) is 0 Å². The van der Waals surface area contributed by atoms with Gasteiger partial charge in [-0.25, -0.2) is 0 Å². The highest BCUT2D eigenvalue weighted by Gasteiger charge is 2.14. The van der Waals surface area contributed by atoms with E-state index in [9.17, 15) is 9.90 Å². The first-order chi connectivity index (χ1) is 13.6. The van der Waals surface area contributed by atoms with E-state index in [4.69, 9.17) is 5.11 Å². The summed E-state index contributed by atoms with van der Waals surface area (Å²) in [7, 11) is 0. The number of amides is 1. The smallest absolute Gasteiger partial charge is 0.255 e. The molecule has 2 heterocycles. The lowest BCUT2D eigenvalue weighted by atomic mass is 10.2. The van der Waals surface area contributed by atoms with Crippen molar-refractivity contribution in [3.8, 4) is 10.6 Å². The summed E-state index contributed by atoms with van der Waals surface area (Å²) in [5, 5.41) is 41.5. The van der Waals surface area contributed by atoms with Crippen LogP contribution in [-0.4, -0.2) is 49.2 Å². The Bertz CT molecular complexity index is 1130. The molecule has 0 aliphatic carbocycles. The number of hydrogen-bond acceptors (Lipinski definition) is 8. The van der Waals surface area contributed by atoms with Gasteiger partial charge in [0.25, 0.3) is 5.91 Å². The summed E-state index contributed by atoms with van der Waals surface area (Å²) in [6.07, 6.45) is 0.285. The van der Waals surface area contributed by atoms with Crippen molar-refractivity contribution in [2.75, 3.05) is 17.2 Å². The van der Waals surface area contributed by atoms with Gasteiger partial charge in [-0.05, 0) is 30.3 Å². The summed E-state index contributed by atoms with van der Waals surface area (Å²) in [5.74, 6) is -0.672. The lowest BCUT2D eigenvalue weighted by molar-refractivity contribution is -0.125. The molecule has 0 fully saturated rings. The molecule has 1 atom stereocenters. The van der Waals surface area contributed by atoms with Crippen LogP contribution in [0.3, 0.4) is 0 Å². The van der Waals surface area contributed by atoms with Crippen LogP contribution >= 0.6 is 11.3 Å². The van der Waals surface area contributed by atoms with Gasteiger partial charge >= 0.3 is 0 Å². The van der Waals surface area contributed by atoms with Crippen LogP contribution in [0.4, 0.5) is 16.5 Å². The molecule has 2 aromatic carbocycles. The van der Waals surface area contributed by atoms with Crippen molar-refractivity contribution in [1.82, 2.24) is 20.4 Å². The van der Waals surface area contributed by atoms with Gasteiger partial charge in [0, 0.05) is 22.3 Å². The van der Waals surface area contributed by atoms with Crippen LogP contribution in [-0.2, 0) is 4.79 Å². The normalized spacial score (nSPS) is 12.1. The van der Waals surface area contributed by atoms with Gasteiger partial charge in [-0.2, -0.15) is 5.10 Å². The first kappa shape index (κ1) is 18.0. The average molecular weight is 396 g/mol. The summed E-state index contributed by atoms with van der Waals surface area (Å²) in [5.41, 5.74) is 3.08. The molecular weight excluding hydrogens is 380 g/mol. The van der Waals surface area contributed by atoms with Crippen LogP contribution in [0.15, 0.2) is 48.7 Å². The van der Waals surface area contributed by atoms with E-state index in [1.165, 1.54) is 11.3 Å². The van der Waals surface area contributed by atoms with Crippen LogP contribution < -0.4 is 10.6 Å². The molecule has 0 saturated carbocycles. The fourth-order valence-corrected chi connectivity index (χ4v) is 3.33. The van der Waals surface area contributed by atoms with Gasteiger partial charge in [-0.1, -0.05) is 23.5 Å². The van der Waals surface area contributed by atoms with E-state index in [0.717, 1.165) is 22.2 Å². The van der Waals surface area contributed by atoms with Crippen LogP contribution in [0.25, 0.3) is 21.5 Å². The molecule has 10 heteroatoms. The molecule has 0 radical (unpaired) electrons. The number of fused-ring (bicyclic) bond motifs is 1. The van der Waals surface area contributed by atoms with E-state index < -0.39 is 18.6 Å². The van der Waals surface area contributed by atoms with Gasteiger partial charge in [0.15, 0.2) is 6.10 Å². The molecule has 0 spiro atoms. The second-order valence-electron chi connectivity index (χ2n) is 5.98. The topological polar surface area (TPSA) is 136 Å². The Kier molecular flexibility index (Phi) is 4.98. The molecule has 4 aromatic rings. The number of carbonyl (C=O) groups is 1. The number of nitrogens with one attached hydrogen (secondary N) is 3. The molecule has 9 nitrogen and oxygen atoms in total. The highest BCUT2D eigenvalue weighted by Crippen LogP contribution is 2.30. The molecule has 28 heavy (non-hydrogen) atoms. The number of carbonyl (C=O) groups excluding carboxylic acids is 1. The first-order valence-electron chi connectivity index (χ1n) is 8.36. The molecule has 5 N–H and O–H groups in total. The number of aromatic nitrogens is 4. The minimum absolute atomic E-state index is 0.491. The summed E-state index contributed by atoms with van der Waals surface area (Å²) in [6.45, 7) is -0.637. The Labute approximate surface area is 163 Å². The monoisotopic (exact) mass is 396 g/mol. The van der Waals surface area contributed by atoms with Crippen molar-refractivity contribution in [3.05, 3.63) is 48.7 Å². The van der Waals surface area contributed by atoms with Crippen LogP contribution in [0.5, 0.6) is 0 Å². The number of aromatic amines is 1. The fourth-order valence-electron chi connectivity index (χ4n) is 2.57. The van der Waals surface area contributed by atoms with Crippen molar-refractivity contribution in [2.24, 2.45) is 0 Å². The van der Waals surface area contributed by atoms with Gasteiger partial charge in [-0.15, -0.1) is 10.2 Å². The number of anilines is 3. The van der Waals surface area contributed by atoms with Crippen LogP contribution in [0.1, 0.15) is 0 Å². The first-order valence-corrected chi connectivity index (χ1v) is 9.18. The van der Waals surface area contributed by atoms with Crippen molar-refractivity contribution < 1.29 is 15.0 Å². The van der Waals surface area contributed by atoms with Crippen molar-refractivity contribution in [1.29, 1.82) is 0 Å². The molecule has 1 amide bonds. The number of aliphatic hydroxyl groups is 2. The minimum Gasteiger partial charge on any atom is -0.393 e. The number of nitrogens with zero attached hydrogens (tertiary/aromatic N) is 3. The fraction of sp³-hybridized carbons (Fsp3) is 0.111. The van der Waals surface area contributed by atoms with Crippen molar-refractivity contribution in [3.63, 3.8) is 0 Å². The van der Waals surface area contributed by atoms with E-state index in [1.54, 1.807) is 24.4 Å². The molecule has 0 aliphatic heterocycles. The van der Waals surface area contributed by atoms with Gasteiger partial charge < -0.3 is 20.8 Å². The lowest BCUT2D eigenvalue weighted by Gasteiger charge is -2.09. The Morgan fingerprint density at radius 2 is 2.07 bits per heavy atom. The lowest BCUT2D eigenvalue weighted by Crippen LogP contribution is -2.30. The number of aliphatic hydroxyl groups excluding tert-OH is 2. The molecular formula is C18H16N6O3S. The predicted octanol–water partition coefficient (Wildman–Crippen LogP) is 2.12. The second-order valence-corrected chi connectivity index (χ2v) is 6.96. The standard InChI is InChI=1S/C18H16N6O3S/c25-9-15(26)16(27)20-12-3-1-2-10(6-12)17-23-24-18(28-17)21-13-4-5-14-11(7-13)8-19-22-14/h1-8,15,25-26H,9H2,(H,19,22)(H,20,27)(H,21,24). The Morgan fingerprint density at radius 1 is 1.18 bits per heavy atom. The van der Waals surface area contributed by atoms with Crippen LogP contribution in [0, 0.1) is 0 Å². The Hall–Kier alpha value is -3.34. The van der Waals surface area contributed by atoms with E-state index in [2.05, 4.69) is 31.0 Å². The quantitative estimate of drug-likeness (QED) is 0.337. The molecule has 4 rings (SSSR count). The predicted molar refractivity (Wildman–Crippen MR) is 106 cm³/mol. The van der Waals surface area contributed by atoms with E-state index in [0.29, 0.717) is 15.8 Å². The zero-order valence-electron chi connectivity index (χ0n) is 14.5. The van der Waals surface area contributed by atoms with Gasteiger partial charge in [0.1, 0.15) is 5.01 Å². The maximum absolute atomic E-state index is 11.7. The minimum atomic E-state index is -1.46. The number of benzene rings is 2. The van der Waals surface area contributed by atoms with Crippen molar-refractivity contribution >= 4 is 44.7 Å². The molecule has 0 aliphatic rings. The summed E-state index contributed by atoms with van der Waals surface area (Å²) in [6, 6.07) is 12.8. The Balaban J connectivity index is 1.50. The molecule has 0 bridgehead atoms. The maximum Gasteiger partial charge on any atom is 0.255 e. The SMILES string of the molecule is O=C(Nc1cccc(-c2nnc(Nc3ccc4[nH]ncc4c3)s2)c1)C(O)CO. The third-order valence-electron chi connectivity index (χ3n) is 3.97. The molecule has 1 unspecified atom stereocenters. The third kappa shape index (κ3) is 3.83. The molecule has 0 saturated heterocycles. The van der Waals surface area contributed by atoms with Gasteiger partial charge in [-0.3, -0.25) is 9.89 Å². The second kappa shape index (κ2) is 7.72. The largest absolute Gasteiger partial charge is 0.393 e. The Morgan fingerprint density at radius 3 is 2.93 bits per heavy atom.